The Labute approximate surface area is 202 Å². The number of carbonyl (C=O) groups is 1. The minimum Gasteiger partial charge on any atom is -0.288 e. The Morgan fingerprint density at radius 3 is 2.07 bits per heavy atom. The molecule has 0 bridgehead atoms. The van der Waals surface area contributed by atoms with Crippen molar-refractivity contribution < 1.29 is 9.18 Å². The van der Waals surface area contributed by atoms with Crippen LogP contribution in [0.4, 0.5) is 4.39 Å². The average molecular weight is 653 g/mol. The molecule has 142 valence electrons. The lowest BCUT2D eigenvalue weighted by atomic mass is 10.1. The van der Waals surface area contributed by atoms with Crippen LogP contribution >= 0.6 is 77.8 Å². The van der Waals surface area contributed by atoms with Crippen LogP contribution in [0.25, 0.3) is 3.58 Å². The van der Waals surface area contributed by atoms with Gasteiger partial charge in [0, 0.05) is 28.5 Å². The molecule has 0 saturated carbocycles. The van der Waals surface area contributed by atoms with E-state index in [1.165, 1.54) is 23.9 Å². The van der Waals surface area contributed by atoms with Gasteiger partial charge in [-0.2, -0.15) is 0 Å². The second kappa shape index (κ2) is 9.89. The third-order valence-corrected chi connectivity index (χ3v) is 7.67. The Kier molecular flexibility index (Phi) is 7.78. The van der Waals surface area contributed by atoms with Crippen molar-refractivity contribution in [2.45, 2.75) is 4.90 Å². The molecular formula is C21H11Br2ClFIOS. The average Bonchev–Trinajstić information content (AvgIpc) is 2.67. The zero-order valence-electron chi connectivity index (χ0n) is 14.1. The molecule has 0 spiro atoms. The van der Waals surface area contributed by atoms with Crippen LogP contribution in [0.1, 0.15) is 15.9 Å². The van der Waals surface area contributed by atoms with Gasteiger partial charge in [-0.1, -0.05) is 55.2 Å². The van der Waals surface area contributed by atoms with E-state index in [9.17, 15) is 9.18 Å². The number of halogens is 5. The summed E-state index contributed by atoms with van der Waals surface area (Å²) in [5, 5.41) is 0.266. The van der Waals surface area contributed by atoms with Gasteiger partial charge < -0.3 is 0 Å². The summed E-state index contributed by atoms with van der Waals surface area (Å²) < 4.78 is 16.0. The number of hydrogen-bond donors (Lipinski definition) is 0. The predicted molar refractivity (Wildman–Crippen MR) is 131 cm³/mol. The Hall–Kier alpha value is -0.670. The van der Waals surface area contributed by atoms with Gasteiger partial charge in [0.1, 0.15) is 5.82 Å². The van der Waals surface area contributed by atoms with Gasteiger partial charge in [-0.15, -0.1) is 0 Å². The van der Waals surface area contributed by atoms with Crippen molar-refractivity contribution in [3.05, 3.63) is 103 Å². The summed E-state index contributed by atoms with van der Waals surface area (Å²) in [4.78, 5) is 14.7. The first kappa shape index (κ1) is 22.0. The van der Waals surface area contributed by atoms with E-state index >= 15 is 0 Å². The number of benzene rings is 3. The van der Waals surface area contributed by atoms with E-state index in [4.69, 9.17) is 11.6 Å². The summed E-state index contributed by atoms with van der Waals surface area (Å²) in [6.45, 7) is 0. The van der Waals surface area contributed by atoms with E-state index in [0.29, 0.717) is 19.6 Å². The van der Waals surface area contributed by atoms with Crippen LogP contribution in [0.5, 0.6) is 0 Å². The highest BCUT2D eigenvalue weighted by Crippen LogP contribution is 2.41. The summed E-state index contributed by atoms with van der Waals surface area (Å²) in [6.07, 6.45) is 0. The SMILES string of the molecule is O=C(C(Sc1ccc(Br)cc1)=C(I)c1ccc(F)cc1Cl)c1ccc(Br)cc1. The van der Waals surface area contributed by atoms with Gasteiger partial charge in [0.2, 0.25) is 5.78 Å². The van der Waals surface area contributed by atoms with Gasteiger partial charge >= 0.3 is 0 Å². The van der Waals surface area contributed by atoms with Crippen LogP contribution in [0.15, 0.2) is 85.5 Å². The summed E-state index contributed by atoms with van der Waals surface area (Å²) in [5.74, 6) is -0.537. The van der Waals surface area contributed by atoms with Crippen LogP contribution in [-0.2, 0) is 0 Å². The summed E-state index contributed by atoms with van der Waals surface area (Å²) in [7, 11) is 0. The number of thioether (sulfide) groups is 1. The molecule has 0 unspecified atom stereocenters. The molecule has 3 aromatic rings. The zero-order chi connectivity index (χ0) is 20.3. The molecule has 0 heterocycles. The van der Waals surface area contributed by atoms with E-state index < -0.39 is 5.82 Å². The first-order valence-corrected chi connectivity index (χ1v) is 11.8. The van der Waals surface area contributed by atoms with Gasteiger partial charge in [0.25, 0.3) is 0 Å². The van der Waals surface area contributed by atoms with Crippen LogP contribution in [0.3, 0.4) is 0 Å². The van der Waals surface area contributed by atoms with Crippen molar-refractivity contribution in [1.82, 2.24) is 0 Å². The van der Waals surface area contributed by atoms with Gasteiger partial charge in [-0.3, -0.25) is 4.79 Å². The quantitative estimate of drug-likeness (QED) is 0.119. The van der Waals surface area contributed by atoms with E-state index in [1.807, 2.05) is 36.4 Å². The van der Waals surface area contributed by atoms with E-state index in [0.717, 1.165) is 13.8 Å². The molecule has 3 aromatic carbocycles. The topological polar surface area (TPSA) is 17.1 Å². The van der Waals surface area contributed by atoms with E-state index in [1.54, 1.807) is 18.2 Å². The molecule has 3 rings (SSSR count). The lowest BCUT2D eigenvalue weighted by Gasteiger charge is -2.12. The third kappa shape index (κ3) is 5.48. The monoisotopic (exact) mass is 650 g/mol. The number of hydrogen-bond acceptors (Lipinski definition) is 2. The molecule has 0 aliphatic heterocycles. The molecule has 0 amide bonds. The first-order valence-electron chi connectivity index (χ1n) is 7.94. The molecule has 0 atom stereocenters. The van der Waals surface area contributed by atoms with Crippen molar-refractivity contribution in [1.29, 1.82) is 0 Å². The molecule has 28 heavy (non-hydrogen) atoms. The summed E-state index contributed by atoms with van der Waals surface area (Å²) in [6, 6.07) is 19.1. The molecule has 0 saturated heterocycles. The number of Topliss-reactive ketones (excluding diaryl/α,β-unsaturated/α-hetero) is 1. The van der Waals surface area contributed by atoms with E-state index in [-0.39, 0.29) is 10.8 Å². The maximum atomic E-state index is 13.5. The highest BCUT2D eigenvalue weighted by atomic mass is 127. The molecule has 0 fully saturated rings. The Morgan fingerprint density at radius 2 is 1.50 bits per heavy atom. The number of rotatable bonds is 5. The number of carbonyl (C=O) groups excluding carboxylic acids is 1. The van der Waals surface area contributed by atoms with Gasteiger partial charge in [-0.25, -0.2) is 4.39 Å². The second-order valence-electron chi connectivity index (χ2n) is 5.66. The maximum absolute atomic E-state index is 13.5. The maximum Gasteiger partial charge on any atom is 0.200 e. The van der Waals surface area contributed by atoms with Crippen LogP contribution in [0.2, 0.25) is 5.02 Å². The zero-order valence-corrected chi connectivity index (χ0v) is 21.0. The Morgan fingerprint density at radius 1 is 0.929 bits per heavy atom. The molecule has 0 aliphatic carbocycles. The summed E-state index contributed by atoms with van der Waals surface area (Å²) >= 11 is 16.5. The fraction of sp³-hybridized carbons (Fsp3) is 0. The normalized spacial score (nSPS) is 11.9. The largest absolute Gasteiger partial charge is 0.288 e. The van der Waals surface area contributed by atoms with Crippen molar-refractivity contribution in [2.75, 3.05) is 0 Å². The smallest absolute Gasteiger partial charge is 0.200 e. The predicted octanol–water partition coefficient (Wildman–Crippen LogP) is 8.78. The van der Waals surface area contributed by atoms with Crippen molar-refractivity contribution in [3.8, 4) is 0 Å². The first-order chi connectivity index (χ1) is 13.3. The van der Waals surface area contributed by atoms with Crippen LogP contribution in [-0.4, -0.2) is 5.78 Å². The van der Waals surface area contributed by atoms with E-state index in [2.05, 4.69) is 54.5 Å². The lowest BCUT2D eigenvalue weighted by Crippen LogP contribution is -2.03. The van der Waals surface area contributed by atoms with Gasteiger partial charge in [-0.05, 0) is 89.3 Å². The molecule has 0 radical (unpaired) electrons. The lowest BCUT2D eigenvalue weighted by molar-refractivity contribution is 0.104. The highest BCUT2D eigenvalue weighted by molar-refractivity contribution is 14.1. The fourth-order valence-electron chi connectivity index (χ4n) is 2.33. The third-order valence-electron chi connectivity index (χ3n) is 3.71. The van der Waals surface area contributed by atoms with Crippen LogP contribution in [0, 0.1) is 5.82 Å². The molecule has 0 aromatic heterocycles. The highest BCUT2D eigenvalue weighted by Gasteiger charge is 2.20. The van der Waals surface area contributed by atoms with Crippen LogP contribution < -0.4 is 0 Å². The molecule has 7 heteroatoms. The molecular weight excluding hydrogens is 641 g/mol. The van der Waals surface area contributed by atoms with Gasteiger partial charge in [0.15, 0.2) is 0 Å². The Balaban J connectivity index is 2.10. The van der Waals surface area contributed by atoms with Crippen molar-refractivity contribution >= 4 is 87.2 Å². The Bertz CT molecular complexity index is 1050. The number of ketones is 1. The molecule has 1 nitrogen and oxygen atoms in total. The molecule has 0 N–H and O–H groups in total. The number of allylic oxidation sites excluding steroid dienone is 1. The second-order valence-corrected chi connectivity index (χ2v) is 10.1. The van der Waals surface area contributed by atoms with Crippen molar-refractivity contribution in [2.24, 2.45) is 0 Å². The minimum absolute atomic E-state index is 0.120. The minimum atomic E-state index is -0.417. The standard InChI is InChI=1S/C21H11Br2ClFIOS/c22-13-3-1-12(2-4-13)20(27)21(28-16-8-5-14(23)6-9-16)19(26)17-10-7-15(25)11-18(17)24/h1-11H. The van der Waals surface area contributed by atoms with Gasteiger partial charge in [0.05, 0.1) is 9.93 Å². The summed E-state index contributed by atoms with van der Waals surface area (Å²) in [5.41, 5.74) is 1.18. The fourth-order valence-corrected chi connectivity index (χ4v) is 5.25. The molecule has 0 aliphatic rings. The van der Waals surface area contributed by atoms with Crippen molar-refractivity contribution in [3.63, 3.8) is 0 Å².